The monoisotopic (exact) mass is 577 g/mol. The summed E-state index contributed by atoms with van der Waals surface area (Å²) < 4.78 is 15.6. The largest absolute Gasteiger partial charge is 0.391 e. The number of likely N-dealkylation sites (tertiary alicyclic amines) is 1. The van der Waals surface area contributed by atoms with Gasteiger partial charge in [0.25, 0.3) is 0 Å². The highest BCUT2D eigenvalue weighted by molar-refractivity contribution is 7.14. The van der Waals surface area contributed by atoms with E-state index in [1.54, 1.807) is 28.4 Å². The summed E-state index contributed by atoms with van der Waals surface area (Å²) in [5.74, 6) is 0.836. The molecule has 0 unspecified atom stereocenters. The summed E-state index contributed by atoms with van der Waals surface area (Å²) >= 11 is 1.55. The van der Waals surface area contributed by atoms with Crippen molar-refractivity contribution in [2.45, 2.75) is 32.8 Å². The minimum absolute atomic E-state index is 0.107. The fraction of sp³-hybridized carbons (Fsp3) is 0.433. The van der Waals surface area contributed by atoms with Gasteiger partial charge in [0.1, 0.15) is 17.3 Å². The zero-order chi connectivity index (χ0) is 28.7. The van der Waals surface area contributed by atoms with Crippen LogP contribution in [0.4, 0.5) is 21.0 Å². The van der Waals surface area contributed by atoms with E-state index in [9.17, 15) is 14.3 Å². The van der Waals surface area contributed by atoms with E-state index < -0.39 is 0 Å². The Labute approximate surface area is 243 Å². The molecule has 9 nitrogen and oxygen atoms in total. The van der Waals surface area contributed by atoms with Gasteiger partial charge in [0.15, 0.2) is 5.13 Å². The predicted molar refractivity (Wildman–Crippen MR) is 161 cm³/mol. The van der Waals surface area contributed by atoms with Crippen LogP contribution in [0.2, 0.25) is 0 Å². The Balaban J connectivity index is 1.22. The molecule has 3 aromatic heterocycles. The van der Waals surface area contributed by atoms with E-state index in [4.69, 9.17) is 9.97 Å². The SMILES string of the molecule is CCc1nc2c(C)cc(N3CCN(CC(=O)N4CC[C@@H](O)C4)CC3)cn2c1N(C)c1nc(-c2ccc(F)cc2)cs1. The summed E-state index contributed by atoms with van der Waals surface area (Å²) in [6, 6.07) is 8.62. The number of fused-ring (bicyclic) bond motifs is 1. The molecule has 0 aliphatic carbocycles. The Hall–Kier alpha value is -3.54. The number of hydrogen-bond acceptors (Lipinski definition) is 8. The number of amides is 1. The van der Waals surface area contributed by atoms with Crippen molar-refractivity contribution in [2.24, 2.45) is 0 Å². The van der Waals surface area contributed by atoms with Crippen molar-refractivity contribution in [2.75, 3.05) is 62.7 Å². The third-order valence-corrected chi connectivity index (χ3v) is 9.03. The molecule has 2 saturated heterocycles. The molecule has 11 heteroatoms. The van der Waals surface area contributed by atoms with Gasteiger partial charge in [-0.3, -0.25) is 14.1 Å². The number of aliphatic hydroxyl groups excluding tert-OH is 1. The second-order valence-electron chi connectivity index (χ2n) is 10.9. The summed E-state index contributed by atoms with van der Waals surface area (Å²) in [6.07, 6.45) is 3.24. The van der Waals surface area contributed by atoms with Crippen molar-refractivity contribution in [3.8, 4) is 11.3 Å². The minimum Gasteiger partial charge on any atom is -0.391 e. The molecular formula is C30H36FN7O2S. The molecule has 1 amide bonds. The topological polar surface area (TPSA) is 80.5 Å². The standard InChI is InChI=1S/C30H36FN7O2S/c1-4-25-29(34(3)30-33-26(19-41-30)21-5-7-22(31)8-6-21)38-16-23(15-20(2)28(38)32-25)36-13-11-35(12-14-36)18-27(40)37-10-9-24(39)17-37/h5-8,15-16,19,24,39H,4,9-14,17-18H2,1-3H3/t24-/m1/s1. The quantitative estimate of drug-likeness (QED) is 0.356. The molecule has 5 heterocycles. The molecule has 1 aromatic carbocycles. The Morgan fingerprint density at radius 3 is 2.59 bits per heavy atom. The van der Waals surface area contributed by atoms with Gasteiger partial charge >= 0.3 is 0 Å². The maximum absolute atomic E-state index is 13.4. The van der Waals surface area contributed by atoms with E-state index in [0.717, 1.165) is 77.4 Å². The van der Waals surface area contributed by atoms with Crippen LogP contribution < -0.4 is 9.80 Å². The maximum atomic E-state index is 13.4. The molecule has 0 spiro atoms. The average Bonchev–Trinajstić information content (AvgIpc) is 3.72. The van der Waals surface area contributed by atoms with E-state index in [1.165, 1.54) is 12.1 Å². The molecule has 4 aromatic rings. The molecule has 2 aliphatic rings. The fourth-order valence-electron chi connectivity index (χ4n) is 5.78. The van der Waals surface area contributed by atoms with E-state index in [0.29, 0.717) is 26.1 Å². The van der Waals surface area contributed by atoms with Crippen LogP contribution in [0.1, 0.15) is 24.6 Å². The molecule has 6 rings (SSSR count). The molecule has 2 aliphatic heterocycles. The Kier molecular flexibility index (Phi) is 7.67. The smallest absolute Gasteiger partial charge is 0.236 e. The molecule has 216 valence electrons. The number of anilines is 3. The number of halogens is 1. The number of imidazole rings is 1. The number of rotatable bonds is 7. The maximum Gasteiger partial charge on any atom is 0.236 e. The Morgan fingerprint density at radius 2 is 1.90 bits per heavy atom. The van der Waals surface area contributed by atoms with Gasteiger partial charge in [0.05, 0.1) is 29.7 Å². The van der Waals surface area contributed by atoms with Gasteiger partial charge in [-0.05, 0) is 55.7 Å². The van der Waals surface area contributed by atoms with Gasteiger partial charge in [-0.1, -0.05) is 6.92 Å². The summed E-state index contributed by atoms with van der Waals surface area (Å²) in [5, 5.41) is 12.6. The number of nitrogens with zero attached hydrogens (tertiary/aromatic N) is 7. The normalized spacial score (nSPS) is 18.0. The van der Waals surface area contributed by atoms with E-state index in [2.05, 4.69) is 45.2 Å². The van der Waals surface area contributed by atoms with Gasteiger partial charge in [-0.15, -0.1) is 11.3 Å². The van der Waals surface area contributed by atoms with Crippen molar-refractivity contribution in [1.82, 2.24) is 24.2 Å². The van der Waals surface area contributed by atoms with Crippen molar-refractivity contribution in [3.63, 3.8) is 0 Å². The number of piperazine rings is 1. The fourth-order valence-corrected chi connectivity index (χ4v) is 6.58. The highest BCUT2D eigenvalue weighted by Gasteiger charge is 2.28. The number of pyridine rings is 1. The van der Waals surface area contributed by atoms with Gasteiger partial charge in [0, 0.05) is 63.5 Å². The van der Waals surface area contributed by atoms with Crippen molar-refractivity contribution < 1.29 is 14.3 Å². The number of hydrogen-bond donors (Lipinski definition) is 1. The first kappa shape index (κ1) is 27.6. The Morgan fingerprint density at radius 1 is 1.15 bits per heavy atom. The average molecular weight is 578 g/mol. The first-order valence-electron chi connectivity index (χ1n) is 14.2. The number of carbonyl (C=O) groups excluding carboxylic acids is 1. The van der Waals surface area contributed by atoms with Crippen LogP contribution in [0.15, 0.2) is 41.9 Å². The van der Waals surface area contributed by atoms with E-state index in [1.807, 2.05) is 12.4 Å². The number of benzene rings is 1. The number of aliphatic hydroxyl groups is 1. The van der Waals surface area contributed by atoms with E-state index in [-0.39, 0.29) is 17.8 Å². The van der Waals surface area contributed by atoms with Crippen molar-refractivity contribution in [3.05, 3.63) is 59.0 Å². The first-order valence-corrected chi connectivity index (χ1v) is 15.1. The molecular weight excluding hydrogens is 541 g/mol. The molecule has 1 atom stereocenters. The molecule has 2 fully saturated rings. The van der Waals surface area contributed by atoms with Crippen LogP contribution in [0.3, 0.4) is 0 Å². The van der Waals surface area contributed by atoms with Crippen LogP contribution in [0.25, 0.3) is 16.9 Å². The second kappa shape index (κ2) is 11.4. The van der Waals surface area contributed by atoms with Crippen LogP contribution >= 0.6 is 11.3 Å². The number of β-amino-alcohol motifs (C(OH)–C–C–N with tert-alkyl or cyclic N) is 1. The van der Waals surface area contributed by atoms with Crippen LogP contribution in [0, 0.1) is 12.7 Å². The lowest BCUT2D eigenvalue weighted by Gasteiger charge is -2.36. The van der Waals surface area contributed by atoms with Gasteiger partial charge in [0.2, 0.25) is 5.91 Å². The number of aryl methyl sites for hydroxylation is 2. The summed E-state index contributed by atoms with van der Waals surface area (Å²) in [4.78, 5) is 31.0. The molecule has 0 bridgehead atoms. The lowest BCUT2D eigenvalue weighted by Crippen LogP contribution is -2.50. The van der Waals surface area contributed by atoms with Crippen molar-refractivity contribution >= 4 is 39.5 Å². The third-order valence-electron chi connectivity index (χ3n) is 8.12. The molecule has 0 radical (unpaired) electrons. The second-order valence-corrected chi connectivity index (χ2v) is 11.8. The van der Waals surface area contributed by atoms with Crippen LogP contribution in [0.5, 0.6) is 0 Å². The first-order chi connectivity index (χ1) is 19.8. The molecule has 0 saturated carbocycles. The van der Waals surface area contributed by atoms with Gasteiger partial charge < -0.3 is 19.8 Å². The zero-order valence-electron chi connectivity index (χ0n) is 23.8. The zero-order valence-corrected chi connectivity index (χ0v) is 24.6. The lowest BCUT2D eigenvalue weighted by atomic mass is 10.2. The predicted octanol–water partition coefficient (Wildman–Crippen LogP) is 3.95. The number of aromatic nitrogens is 3. The van der Waals surface area contributed by atoms with Gasteiger partial charge in [-0.2, -0.15) is 0 Å². The lowest BCUT2D eigenvalue weighted by molar-refractivity contribution is -0.131. The number of thiazole rings is 1. The molecule has 41 heavy (non-hydrogen) atoms. The summed E-state index contributed by atoms with van der Waals surface area (Å²) in [6.45, 7) is 8.99. The summed E-state index contributed by atoms with van der Waals surface area (Å²) in [5.41, 5.74) is 5.87. The van der Waals surface area contributed by atoms with Crippen LogP contribution in [-0.4, -0.2) is 94.1 Å². The third kappa shape index (κ3) is 5.53. The summed E-state index contributed by atoms with van der Waals surface area (Å²) in [7, 11) is 2.02. The van der Waals surface area contributed by atoms with Gasteiger partial charge in [-0.25, -0.2) is 14.4 Å². The number of carbonyl (C=O) groups is 1. The molecule has 1 N–H and O–H groups in total. The minimum atomic E-state index is -0.387. The van der Waals surface area contributed by atoms with Crippen LogP contribution in [-0.2, 0) is 11.2 Å². The Bertz CT molecular complexity index is 1540. The van der Waals surface area contributed by atoms with Crippen molar-refractivity contribution in [1.29, 1.82) is 0 Å². The highest BCUT2D eigenvalue weighted by atomic mass is 32.1. The highest BCUT2D eigenvalue weighted by Crippen LogP contribution is 2.35. The van der Waals surface area contributed by atoms with E-state index >= 15 is 0 Å².